The van der Waals surface area contributed by atoms with Gasteiger partial charge in [0.2, 0.25) is 0 Å². The molecule has 0 saturated heterocycles. The maximum absolute atomic E-state index is 12.7. The Hall–Kier alpha value is -2.57. The third-order valence-corrected chi connectivity index (χ3v) is 4.36. The van der Waals surface area contributed by atoms with Crippen LogP contribution in [0.2, 0.25) is 5.02 Å². The fourth-order valence-corrected chi connectivity index (χ4v) is 2.93. The van der Waals surface area contributed by atoms with Crippen molar-refractivity contribution in [1.29, 1.82) is 0 Å². The van der Waals surface area contributed by atoms with Crippen LogP contribution in [0.25, 0.3) is 17.1 Å². The largest absolute Gasteiger partial charge is 0.385 e. The number of ether oxygens (including phenoxy) is 1. The fraction of sp³-hybridized carbons (Fsp3) is 0.263. The van der Waals surface area contributed by atoms with E-state index >= 15 is 0 Å². The first kappa shape index (κ1) is 18.2. The van der Waals surface area contributed by atoms with E-state index in [1.54, 1.807) is 23.9 Å². The lowest BCUT2D eigenvalue weighted by atomic mass is 10.2. The molecule has 7 heteroatoms. The van der Waals surface area contributed by atoms with Crippen molar-refractivity contribution in [3.8, 4) is 17.1 Å². The van der Waals surface area contributed by atoms with Crippen LogP contribution in [0.4, 0.5) is 0 Å². The zero-order valence-corrected chi connectivity index (χ0v) is 15.5. The van der Waals surface area contributed by atoms with E-state index in [0.717, 1.165) is 12.1 Å². The second kappa shape index (κ2) is 8.21. The van der Waals surface area contributed by atoms with Gasteiger partial charge < -0.3 is 14.6 Å². The quantitative estimate of drug-likeness (QED) is 0.647. The maximum atomic E-state index is 12.7. The van der Waals surface area contributed by atoms with Crippen LogP contribution in [0.3, 0.4) is 0 Å². The molecule has 136 valence electrons. The molecule has 0 spiro atoms. The summed E-state index contributed by atoms with van der Waals surface area (Å²) in [6.07, 6.45) is 2.68. The summed E-state index contributed by atoms with van der Waals surface area (Å²) in [5.41, 5.74) is 2.73. The summed E-state index contributed by atoms with van der Waals surface area (Å²) in [5.74, 6) is -0.200. The number of benzene rings is 1. The van der Waals surface area contributed by atoms with Crippen LogP contribution in [-0.4, -0.2) is 40.5 Å². The number of hydrogen-bond acceptors (Lipinski definition) is 3. The average Bonchev–Trinajstić information content (AvgIpc) is 3.25. The maximum Gasteiger partial charge on any atom is 0.270 e. The zero-order chi connectivity index (χ0) is 18.5. The van der Waals surface area contributed by atoms with E-state index in [1.165, 1.54) is 0 Å². The lowest BCUT2D eigenvalue weighted by Gasteiger charge is -2.09. The summed E-state index contributed by atoms with van der Waals surface area (Å²) in [6.45, 7) is 1.12. The topological polar surface area (TPSA) is 61.1 Å². The highest BCUT2D eigenvalue weighted by Crippen LogP contribution is 2.25. The molecule has 1 amide bonds. The van der Waals surface area contributed by atoms with Crippen LogP contribution in [0.15, 0.2) is 48.7 Å². The smallest absolute Gasteiger partial charge is 0.270 e. The number of nitrogens with zero attached hydrogens (tertiary/aromatic N) is 3. The first-order valence-corrected chi connectivity index (χ1v) is 8.73. The standard InChI is InChI=1S/C19H21ClN4O2/c1-23-11-5-9-17(23)15-13-18(19(25)21-10-6-12-26-2)24(22-15)16-8-4-3-7-14(16)20/h3-5,7-9,11,13H,6,10,12H2,1-2H3,(H,21,25). The molecule has 2 heterocycles. The predicted octanol–water partition coefficient (Wildman–Crippen LogP) is 3.30. The Balaban J connectivity index is 1.98. The van der Waals surface area contributed by atoms with Crippen LogP contribution in [0.5, 0.6) is 0 Å². The highest BCUT2D eigenvalue weighted by molar-refractivity contribution is 6.32. The van der Waals surface area contributed by atoms with E-state index in [2.05, 4.69) is 10.4 Å². The van der Waals surface area contributed by atoms with Gasteiger partial charge in [0.05, 0.1) is 16.4 Å². The van der Waals surface area contributed by atoms with E-state index in [1.807, 2.05) is 48.1 Å². The van der Waals surface area contributed by atoms with E-state index in [-0.39, 0.29) is 5.91 Å². The van der Waals surface area contributed by atoms with Crippen molar-refractivity contribution >= 4 is 17.5 Å². The zero-order valence-electron chi connectivity index (χ0n) is 14.8. The molecule has 0 saturated carbocycles. The minimum atomic E-state index is -0.200. The Morgan fingerprint density at radius 2 is 2.08 bits per heavy atom. The molecule has 0 bridgehead atoms. The van der Waals surface area contributed by atoms with Crippen molar-refractivity contribution < 1.29 is 9.53 Å². The number of methoxy groups -OCH3 is 1. The minimum Gasteiger partial charge on any atom is -0.385 e. The monoisotopic (exact) mass is 372 g/mol. The van der Waals surface area contributed by atoms with Gasteiger partial charge in [0.25, 0.3) is 5.91 Å². The summed E-state index contributed by atoms with van der Waals surface area (Å²) >= 11 is 6.33. The van der Waals surface area contributed by atoms with E-state index in [0.29, 0.717) is 35.2 Å². The van der Waals surface area contributed by atoms with Gasteiger partial charge in [-0.3, -0.25) is 4.79 Å². The van der Waals surface area contributed by atoms with Gasteiger partial charge >= 0.3 is 0 Å². The van der Waals surface area contributed by atoms with Gasteiger partial charge in [-0.25, -0.2) is 4.68 Å². The predicted molar refractivity (Wildman–Crippen MR) is 102 cm³/mol. The van der Waals surface area contributed by atoms with E-state index < -0.39 is 0 Å². The number of amides is 1. The Morgan fingerprint density at radius 3 is 2.77 bits per heavy atom. The van der Waals surface area contributed by atoms with Crippen LogP contribution in [-0.2, 0) is 11.8 Å². The fourth-order valence-electron chi connectivity index (χ4n) is 2.71. The summed E-state index contributed by atoms with van der Waals surface area (Å²) in [6, 6.07) is 13.0. The Labute approximate surface area is 157 Å². The minimum absolute atomic E-state index is 0.200. The molecule has 0 aliphatic rings. The van der Waals surface area contributed by atoms with Gasteiger partial charge in [0.1, 0.15) is 11.4 Å². The van der Waals surface area contributed by atoms with Gasteiger partial charge in [0, 0.05) is 33.5 Å². The molecule has 6 nitrogen and oxygen atoms in total. The van der Waals surface area contributed by atoms with E-state index in [9.17, 15) is 4.79 Å². The second-order valence-electron chi connectivity index (χ2n) is 5.88. The lowest BCUT2D eigenvalue weighted by Crippen LogP contribution is -2.27. The number of para-hydroxylation sites is 1. The SMILES string of the molecule is COCCCNC(=O)c1cc(-c2cccn2C)nn1-c1ccccc1Cl. The van der Waals surface area contributed by atoms with Crippen molar-refractivity contribution in [3.05, 3.63) is 59.4 Å². The van der Waals surface area contributed by atoms with Crippen LogP contribution >= 0.6 is 11.6 Å². The molecule has 3 rings (SSSR count). The van der Waals surface area contributed by atoms with Crippen molar-refractivity contribution in [3.63, 3.8) is 0 Å². The number of aromatic nitrogens is 3. The first-order chi connectivity index (χ1) is 12.6. The number of halogens is 1. The molecule has 0 aliphatic carbocycles. The van der Waals surface area contributed by atoms with Gasteiger partial charge in [-0.15, -0.1) is 0 Å². The molecular weight excluding hydrogens is 352 g/mol. The summed E-state index contributed by atoms with van der Waals surface area (Å²) in [7, 11) is 3.58. The molecule has 0 radical (unpaired) electrons. The van der Waals surface area contributed by atoms with Gasteiger partial charge in [0.15, 0.2) is 0 Å². The Kier molecular flexibility index (Phi) is 5.75. The molecule has 2 aromatic heterocycles. The first-order valence-electron chi connectivity index (χ1n) is 8.35. The number of carbonyl (C=O) groups is 1. The van der Waals surface area contributed by atoms with Crippen molar-refractivity contribution in [2.75, 3.05) is 20.3 Å². The third-order valence-electron chi connectivity index (χ3n) is 4.04. The van der Waals surface area contributed by atoms with Crippen LogP contribution in [0.1, 0.15) is 16.9 Å². The van der Waals surface area contributed by atoms with Gasteiger partial charge in [-0.1, -0.05) is 23.7 Å². The molecule has 26 heavy (non-hydrogen) atoms. The van der Waals surface area contributed by atoms with Crippen LogP contribution < -0.4 is 5.32 Å². The molecular formula is C19H21ClN4O2. The Bertz CT molecular complexity index is 901. The molecule has 1 aromatic carbocycles. The summed E-state index contributed by atoms with van der Waals surface area (Å²) in [5, 5.41) is 8.07. The van der Waals surface area contributed by atoms with Gasteiger partial charge in [-0.2, -0.15) is 5.10 Å². The molecule has 0 unspecified atom stereocenters. The highest BCUT2D eigenvalue weighted by atomic mass is 35.5. The summed E-state index contributed by atoms with van der Waals surface area (Å²) in [4.78, 5) is 12.7. The second-order valence-corrected chi connectivity index (χ2v) is 6.29. The van der Waals surface area contributed by atoms with Crippen molar-refractivity contribution in [2.45, 2.75) is 6.42 Å². The number of nitrogens with one attached hydrogen (secondary N) is 1. The Morgan fingerprint density at radius 1 is 1.27 bits per heavy atom. The summed E-state index contributed by atoms with van der Waals surface area (Å²) < 4.78 is 8.57. The van der Waals surface area contributed by atoms with Gasteiger partial charge in [-0.05, 0) is 36.8 Å². The molecule has 0 fully saturated rings. The molecule has 1 N–H and O–H groups in total. The van der Waals surface area contributed by atoms with Crippen molar-refractivity contribution in [1.82, 2.24) is 19.7 Å². The van der Waals surface area contributed by atoms with Crippen LogP contribution in [0, 0.1) is 0 Å². The number of aryl methyl sites for hydroxylation is 1. The molecule has 0 aliphatic heterocycles. The highest BCUT2D eigenvalue weighted by Gasteiger charge is 2.19. The number of rotatable bonds is 7. The normalized spacial score (nSPS) is 10.9. The number of carbonyl (C=O) groups excluding carboxylic acids is 1. The molecule has 3 aromatic rings. The number of hydrogen-bond donors (Lipinski definition) is 1. The van der Waals surface area contributed by atoms with Crippen molar-refractivity contribution in [2.24, 2.45) is 7.05 Å². The molecule has 0 atom stereocenters. The lowest BCUT2D eigenvalue weighted by molar-refractivity contribution is 0.0941. The average molecular weight is 373 g/mol. The van der Waals surface area contributed by atoms with E-state index in [4.69, 9.17) is 16.3 Å². The third kappa shape index (κ3) is 3.81.